The quantitative estimate of drug-likeness (QED) is 0.801. The van der Waals surface area contributed by atoms with Crippen molar-refractivity contribution in [2.45, 2.75) is 27.0 Å². The van der Waals surface area contributed by atoms with E-state index >= 15 is 0 Å². The molecular weight excluding hydrogens is 262 g/mol. The number of hydrogen-bond donors (Lipinski definition) is 1. The molecule has 0 radical (unpaired) electrons. The Kier molecular flexibility index (Phi) is 6.10. The Bertz CT molecular complexity index is 554. The minimum absolute atomic E-state index is 0.547. The van der Waals surface area contributed by atoms with Gasteiger partial charge in [0.25, 0.3) is 0 Å². The zero-order valence-corrected chi connectivity index (χ0v) is 12.8. The van der Waals surface area contributed by atoms with Crippen LogP contribution in [0.3, 0.4) is 0 Å². The molecule has 2 rings (SSSR count). The third kappa shape index (κ3) is 4.50. The van der Waals surface area contributed by atoms with Crippen molar-refractivity contribution >= 4 is 0 Å². The Hall–Kier alpha value is -2.00. The average molecular weight is 285 g/mol. The van der Waals surface area contributed by atoms with E-state index in [1.807, 2.05) is 37.3 Å². The Morgan fingerprint density at radius 3 is 2.10 bits per heavy atom. The van der Waals surface area contributed by atoms with Crippen molar-refractivity contribution in [2.24, 2.45) is 0 Å². The number of hydrogen-bond acceptors (Lipinski definition) is 3. The van der Waals surface area contributed by atoms with Crippen molar-refractivity contribution in [3.05, 3.63) is 59.7 Å². The molecule has 0 heterocycles. The Morgan fingerprint density at radius 1 is 0.810 bits per heavy atom. The average Bonchev–Trinajstić information content (AvgIpc) is 2.53. The second-order valence-electron chi connectivity index (χ2n) is 4.72. The molecule has 0 aliphatic heterocycles. The summed E-state index contributed by atoms with van der Waals surface area (Å²) in [5.41, 5.74) is 2.47. The first-order valence-electron chi connectivity index (χ1n) is 7.47. The molecule has 3 heteroatoms. The topological polar surface area (TPSA) is 30.5 Å². The Labute approximate surface area is 126 Å². The normalized spacial score (nSPS) is 10.4. The molecule has 0 unspecified atom stereocenters. The fourth-order valence-electron chi connectivity index (χ4n) is 2.13. The van der Waals surface area contributed by atoms with Gasteiger partial charge in [-0.05, 0) is 36.7 Å². The van der Waals surface area contributed by atoms with Crippen molar-refractivity contribution in [2.75, 3.05) is 13.2 Å². The van der Waals surface area contributed by atoms with Crippen molar-refractivity contribution in [1.82, 2.24) is 5.32 Å². The van der Waals surface area contributed by atoms with Crippen molar-refractivity contribution in [3.8, 4) is 11.5 Å². The highest BCUT2D eigenvalue weighted by atomic mass is 16.5. The van der Waals surface area contributed by atoms with Crippen LogP contribution < -0.4 is 14.8 Å². The molecular formula is C18H23NO2. The van der Waals surface area contributed by atoms with Crippen LogP contribution in [0.4, 0.5) is 0 Å². The lowest BCUT2D eigenvalue weighted by Gasteiger charge is -2.14. The van der Waals surface area contributed by atoms with Gasteiger partial charge in [-0.25, -0.2) is 0 Å². The van der Waals surface area contributed by atoms with E-state index in [9.17, 15) is 0 Å². The molecule has 0 fully saturated rings. The summed E-state index contributed by atoms with van der Waals surface area (Å²) in [5, 5.41) is 3.35. The Morgan fingerprint density at radius 2 is 1.43 bits per heavy atom. The van der Waals surface area contributed by atoms with E-state index in [4.69, 9.17) is 9.47 Å². The van der Waals surface area contributed by atoms with Crippen LogP contribution in [0.15, 0.2) is 48.5 Å². The minimum Gasteiger partial charge on any atom is -0.490 e. The fourth-order valence-corrected chi connectivity index (χ4v) is 2.13. The maximum Gasteiger partial charge on any atom is 0.161 e. The van der Waals surface area contributed by atoms with E-state index in [1.54, 1.807) is 0 Å². The van der Waals surface area contributed by atoms with Crippen molar-refractivity contribution < 1.29 is 9.47 Å². The molecule has 2 aromatic carbocycles. The maximum absolute atomic E-state index is 5.94. The molecule has 0 atom stereocenters. The first-order valence-corrected chi connectivity index (χ1v) is 7.47. The van der Waals surface area contributed by atoms with Gasteiger partial charge < -0.3 is 14.8 Å². The summed E-state index contributed by atoms with van der Waals surface area (Å²) in [6.45, 7) is 7.09. The highest BCUT2D eigenvalue weighted by Gasteiger charge is 2.06. The second-order valence-corrected chi connectivity index (χ2v) is 4.72. The summed E-state index contributed by atoms with van der Waals surface area (Å²) < 4.78 is 11.5. The van der Waals surface area contributed by atoms with Gasteiger partial charge in [0.05, 0.1) is 6.61 Å². The highest BCUT2D eigenvalue weighted by molar-refractivity contribution is 5.39. The lowest BCUT2D eigenvalue weighted by atomic mass is 10.1. The van der Waals surface area contributed by atoms with Gasteiger partial charge in [-0.2, -0.15) is 0 Å². The number of para-hydroxylation sites is 2. The van der Waals surface area contributed by atoms with Gasteiger partial charge in [0.15, 0.2) is 11.5 Å². The van der Waals surface area contributed by atoms with Gasteiger partial charge in [-0.3, -0.25) is 0 Å². The molecule has 3 nitrogen and oxygen atoms in total. The molecule has 0 aromatic heterocycles. The number of rotatable bonds is 8. The molecule has 112 valence electrons. The van der Waals surface area contributed by atoms with Gasteiger partial charge in [-0.15, -0.1) is 0 Å². The lowest BCUT2D eigenvalue weighted by Crippen LogP contribution is -2.14. The third-order valence-corrected chi connectivity index (χ3v) is 3.22. The standard InChI is InChI=1S/C18H23NO2/c1-3-19-13-15-9-5-6-10-16(15)14-21-18-12-8-7-11-17(18)20-4-2/h5-12,19H,3-4,13-14H2,1-2H3. The molecule has 2 aromatic rings. The summed E-state index contributed by atoms with van der Waals surface area (Å²) in [5.74, 6) is 1.58. The molecule has 0 bridgehead atoms. The van der Waals surface area contributed by atoms with Gasteiger partial charge in [-0.1, -0.05) is 43.3 Å². The van der Waals surface area contributed by atoms with Gasteiger partial charge in [0.2, 0.25) is 0 Å². The molecule has 0 spiro atoms. The van der Waals surface area contributed by atoms with E-state index in [-0.39, 0.29) is 0 Å². The lowest BCUT2D eigenvalue weighted by molar-refractivity contribution is 0.268. The van der Waals surface area contributed by atoms with Crippen LogP contribution in [0.1, 0.15) is 25.0 Å². The molecule has 0 amide bonds. The molecule has 0 aliphatic carbocycles. The molecule has 0 aliphatic rings. The SMILES string of the molecule is CCNCc1ccccc1COc1ccccc1OCC. The van der Waals surface area contributed by atoms with Crippen LogP contribution in [0, 0.1) is 0 Å². The van der Waals surface area contributed by atoms with E-state index in [2.05, 4.69) is 30.4 Å². The number of nitrogens with one attached hydrogen (secondary N) is 1. The number of benzene rings is 2. The zero-order chi connectivity index (χ0) is 14.9. The summed E-state index contributed by atoms with van der Waals surface area (Å²) in [7, 11) is 0. The largest absolute Gasteiger partial charge is 0.490 e. The van der Waals surface area contributed by atoms with Gasteiger partial charge in [0.1, 0.15) is 6.61 Å². The first-order chi connectivity index (χ1) is 10.3. The van der Waals surface area contributed by atoms with Crippen LogP contribution in [0.25, 0.3) is 0 Å². The predicted octanol–water partition coefficient (Wildman–Crippen LogP) is 3.77. The van der Waals surface area contributed by atoms with Gasteiger partial charge in [0, 0.05) is 6.54 Å². The smallest absolute Gasteiger partial charge is 0.161 e. The first kappa shape index (κ1) is 15.4. The molecule has 0 saturated carbocycles. The minimum atomic E-state index is 0.547. The highest BCUT2D eigenvalue weighted by Crippen LogP contribution is 2.27. The van der Waals surface area contributed by atoms with Crippen LogP contribution in [-0.4, -0.2) is 13.2 Å². The summed E-state index contributed by atoms with van der Waals surface area (Å²) in [4.78, 5) is 0. The van der Waals surface area contributed by atoms with Crippen LogP contribution in [0.5, 0.6) is 11.5 Å². The second kappa shape index (κ2) is 8.32. The van der Waals surface area contributed by atoms with Crippen LogP contribution >= 0.6 is 0 Å². The monoisotopic (exact) mass is 285 g/mol. The molecule has 1 N–H and O–H groups in total. The number of ether oxygens (including phenoxy) is 2. The summed E-state index contributed by atoms with van der Waals surface area (Å²) in [6, 6.07) is 16.1. The van der Waals surface area contributed by atoms with Crippen molar-refractivity contribution in [1.29, 1.82) is 0 Å². The maximum atomic E-state index is 5.94. The predicted molar refractivity (Wildman–Crippen MR) is 85.8 cm³/mol. The van der Waals surface area contributed by atoms with E-state index in [1.165, 1.54) is 11.1 Å². The molecule has 21 heavy (non-hydrogen) atoms. The molecule has 0 saturated heterocycles. The van der Waals surface area contributed by atoms with E-state index in [0.717, 1.165) is 24.6 Å². The van der Waals surface area contributed by atoms with E-state index < -0.39 is 0 Å². The third-order valence-electron chi connectivity index (χ3n) is 3.22. The fraction of sp³-hybridized carbons (Fsp3) is 0.333. The van der Waals surface area contributed by atoms with Crippen LogP contribution in [-0.2, 0) is 13.2 Å². The van der Waals surface area contributed by atoms with Crippen LogP contribution in [0.2, 0.25) is 0 Å². The van der Waals surface area contributed by atoms with Gasteiger partial charge >= 0.3 is 0 Å². The summed E-state index contributed by atoms with van der Waals surface area (Å²) >= 11 is 0. The van der Waals surface area contributed by atoms with E-state index in [0.29, 0.717) is 13.2 Å². The summed E-state index contributed by atoms with van der Waals surface area (Å²) in [6.07, 6.45) is 0. The van der Waals surface area contributed by atoms with Crippen molar-refractivity contribution in [3.63, 3.8) is 0 Å². The zero-order valence-electron chi connectivity index (χ0n) is 12.8. The Balaban J connectivity index is 2.06.